The summed E-state index contributed by atoms with van der Waals surface area (Å²) in [5, 5.41) is 0. The first-order chi connectivity index (χ1) is 6.90. The van der Waals surface area contributed by atoms with E-state index in [4.69, 9.17) is 4.74 Å². The minimum Gasteiger partial charge on any atom is -0.379 e. The van der Waals surface area contributed by atoms with Crippen LogP contribution >= 0.6 is 12.6 Å². The number of thiol groups is 1. The third-order valence-corrected chi connectivity index (χ3v) is 3.77. The van der Waals surface area contributed by atoms with Gasteiger partial charge in [-0.15, -0.1) is 0 Å². The van der Waals surface area contributed by atoms with Gasteiger partial charge in [0.15, 0.2) is 0 Å². The van der Waals surface area contributed by atoms with E-state index in [1.54, 1.807) is 0 Å². The van der Waals surface area contributed by atoms with E-state index in [-0.39, 0.29) is 0 Å². The van der Waals surface area contributed by atoms with Gasteiger partial charge in [-0.1, -0.05) is 6.42 Å². The molecule has 0 spiro atoms. The Bertz CT molecular complexity index is 165. The lowest BCUT2D eigenvalue weighted by Gasteiger charge is -2.16. The summed E-state index contributed by atoms with van der Waals surface area (Å²) < 4.78 is 5.45. The topological polar surface area (TPSA) is 12.5 Å². The first-order valence-electron chi connectivity index (χ1n) is 5.81. The van der Waals surface area contributed by atoms with Gasteiger partial charge in [-0.2, -0.15) is 12.6 Å². The summed E-state index contributed by atoms with van der Waals surface area (Å²) in [5.41, 5.74) is 0. The molecule has 0 amide bonds. The summed E-state index contributed by atoms with van der Waals surface area (Å²) in [4.78, 5) is 2.58. The zero-order valence-corrected chi connectivity index (χ0v) is 9.72. The van der Waals surface area contributed by atoms with Crippen LogP contribution < -0.4 is 0 Å². The summed E-state index contributed by atoms with van der Waals surface area (Å²) in [6.07, 6.45) is 4.41. The first-order valence-corrected chi connectivity index (χ1v) is 6.44. The van der Waals surface area contributed by atoms with E-state index in [2.05, 4.69) is 17.5 Å². The predicted octanol–water partition coefficient (Wildman–Crippen LogP) is 1.66. The molecule has 2 fully saturated rings. The summed E-state index contributed by atoms with van der Waals surface area (Å²) in [5.74, 6) is 2.87. The van der Waals surface area contributed by atoms with Crippen molar-refractivity contribution in [2.45, 2.75) is 19.3 Å². The summed E-state index contributed by atoms with van der Waals surface area (Å²) in [7, 11) is 0. The number of hydrogen-bond donors (Lipinski definition) is 1. The Labute approximate surface area is 92.4 Å². The molecular weight excluding hydrogens is 194 g/mol. The van der Waals surface area contributed by atoms with Crippen LogP contribution in [0.2, 0.25) is 0 Å². The molecule has 0 N–H and O–H groups in total. The number of fused-ring (bicyclic) bond motifs is 1. The molecule has 1 saturated carbocycles. The van der Waals surface area contributed by atoms with Crippen LogP contribution in [0.15, 0.2) is 0 Å². The molecule has 3 heteroatoms. The van der Waals surface area contributed by atoms with Crippen LogP contribution in [0.4, 0.5) is 0 Å². The van der Waals surface area contributed by atoms with Crippen molar-refractivity contribution in [3.05, 3.63) is 0 Å². The smallest absolute Gasteiger partial charge is 0.0593 e. The molecule has 0 radical (unpaired) electrons. The molecule has 2 rings (SSSR count). The Morgan fingerprint density at radius 2 is 1.86 bits per heavy atom. The first kappa shape index (κ1) is 10.8. The van der Waals surface area contributed by atoms with E-state index in [0.717, 1.165) is 37.3 Å². The number of rotatable bonds is 5. The maximum atomic E-state index is 5.45. The van der Waals surface area contributed by atoms with Gasteiger partial charge in [0.25, 0.3) is 0 Å². The quantitative estimate of drug-likeness (QED) is 0.553. The average Bonchev–Trinajstić information content (AvgIpc) is 2.72. The molecule has 2 aliphatic rings. The largest absolute Gasteiger partial charge is 0.379 e. The van der Waals surface area contributed by atoms with E-state index in [0.29, 0.717) is 0 Å². The number of ether oxygens (including phenoxy) is 1. The molecule has 1 aliphatic carbocycles. The van der Waals surface area contributed by atoms with E-state index in [1.165, 1.54) is 32.4 Å². The highest BCUT2D eigenvalue weighted by molar-refractivity contribution is 7.80. The summed E-state index contributed by atoms with van der Waals surface area (Å²) >= 11 is 4.12. The second kappa shape index (κ2) is 5.38. The lowest BCUT2D eigenvalue weighted by Crippen LogP contribution is -2.26. The predicted molar refractivity (Wildman–Crippen MR) is 61.9 cm³/mol. The number of nitrogens with zero attached hydrogens (tertiary/aromatic N) is 1. The van der Waals surface area contributed by atoms with Crippen molar-refractivity contribution < 1.29 is 4.74 Å². The molecular formula is C11H21NOS. The molecule has 14 heavy (non-hydrogen) atoms. The Hall–Kier alpha value is 0.270. The van der Waals surface area contributed by atoms with Gasteiger partial charge in [-0.3, -0.25) is 0 Å². The summed E-state index contributed by atoms with van der Waals surface area (Å²) in [6.45, 7) is 5.47. The van der Waals surface area contributed by atoms with Crippen molar-refractivity contribution in [1.82, 2.24) is 4.90 Å². The van der Waals surface area contributed by atoms with E-state index in [9.17, 15) is 0 Å². The van der Waals surface area contributed by atoms with Gasteiger partial charge >= 0.3 is 0 Å². The van der Waals surface area contributed by atoms with Crippen molar-refractivity contribution in [3.63, 3.8) is 0 Å². The fraction of sp³-hybridized carbons (Fsp3) is 1.00. The van der Waals surface area contributed by atoms with Crippen molar-refractivity contribution in [3.8, 4) is 0 Å². The molecule has 0 aromatic carbocycles. The monoisotopic (exact) mass is 215 g/mol. The highest BCUT2D eigenvalue weighted by Crippen LogP contribution is 2.37. The molecule has 82 valence electrons. The highest BCUT2D eigenvalue weighted by atomic mass is 32.1. The molecule has 2 unspecified atom stereocenters. The van der Waals surface area contributed by atoms with Crippen LogP contribution in [0, 0.1) is 11.8 Å². The number of hydrogen-bond acceptors (Lipinski definition) is 3. The fourth-order valence-electron chi connectivity index (χ4n) is 2.88. The lowest BCUT2D eigenvalue weighted by molar-refractivity contribution is 0.121. The van der Waals surface area contributed by atoms with Gasteiger partial charge in [0.1, 0.15) is 0 Å². The van der Waals surface area contributed by atoms with Crippen molar-refractivity contribution in [2.24, 2.45) is 11.8 Å². The Morgan fingerprint density at radius 3 is 2.50 bits per heavy atom. The molecule has 0 aromatic rings. The van der Waals surface area contributed by atoms with E-state index < -0.39 is 0 Å². The van der Waals surface area contributed by atoms with Crippen molar-refractivity contribution in [1.29, 1.82) is 0 Å². The van der Waals surface area contributed by atoms with Crippen LogP contribution in [0.5, 0.6) is 0 Å². The SMILES string of the molecule is SCCOCCN1CC2CCCC2C1. The molecule has 2 atom stereocenters. The summed E-state index contributed by atoms with van der Waals surface area (Å²) in [6, 6.07) is 0. The minimum absolute atomic E-state index is 0.795. The molecule has 1 aliphatic heterocycles. The molecule has 2 nitrogen and oxygen atoms in total. The van der Waals surface area contributed by atoms with Gasteiger partial charge in [0.2, 0.25) is 0 Å². The fourth-order valence-corrected chi connectivity index (χ4v) is 3.00. The second-order valence-corrected chi connectivity index (χ2v) is 4.99. The van der Waals surface area contributed by atoms with E-state index in [1.807, 2.05) is 0 Å². The van der Waals surface area contributed by atoms with Gasteiger partial charge in [0, 0.05) is 25.4 Å². The normalized spacial score (nSPS) is 32.4. The molecule has 1 saturated heterocycles. The highest BCUT2D eigenvalue weighted by Gasteiger charge is 2.35. The Morgan fingerprint density at radius 1 is 1.14 bits per heavy atom. The van der Waals surface area contributed by atoms with Crippen LogP contribution in [-0.4, -0.2) is 43.5 Å². The lowest BCUT2D eigenvalue weighted by atomic mass is 10.0. The van der Waals surface area contributed by atoms with Crippen molar-refractivity contribution in [2.75, 3.05) is 38.6 Å². The third-order valence-electron chi connectivity index (χ3n) is 3.59. The van der Waals surface area contributed by atoms with Gasteiger partial charge in [-0.05, 0) is 24.7 Å². The van der Waals surface area contributed by atoms with Crippen molar-refractivity contribution >= 4 is 12.6 Å². The van der Waals surface area contributed by atoms with Crippen LogP contribution in [0.3, 0.4) is 0 Å². The Kier molecular flexibility index (Phi) is 4.14. The Balaban J connectivity index is 1.60. The van der Waals surface area contributed by atoms with Gasteiger partial charge < -0.3 is 9.64 Å². The van der Waals surface area contributed by atoms with Crippen LogP contribution in [0.25, 0.3) is 0 Å². The zero-order valence-electron chi connectivity index (χ0n) is 8.82. The molecule has 1 heterocycles. The average molecular weight is 215 g/mol. The number of likely N-dealkylation sites (tertiary alicyclic amines) is 1. The van der Waals surface area contributed by atoms with Gasteiger partial charge in [-0.25, -0.2) is 0 Å². The second-order valence-electron chi connectivity index (χ2n) is 4.55. The standard InChI is InChI=1S/C11H21NOS/c14-7-6-13-5-4-12-8-10-2-1-3-11(10)9-12/h10-11,14H,1-9H2. The zero-order chi connectivity index (χ0) is 9.80. The maximum Gasteiger partial charge on any atom is 0.0593 e. The minimum atomic E-state index is 0.795. The molecule has 0 bridgehead atoms. The van der Waals surface area contributed by atoms with Crippen LogP contribution in [-0.2, 0) is 4.74 Å². The third kappa shape index (κ3) is 2.65. The van der Waals surface area contributed by atoms with E-state index >= 15 is 0 Å². The molecule has 0 aromatic heterocycles. The van der Waals surface area contributed by atoms with Gasteiger partial charge in [0.05, 0.1) is 13.2 Å². The maximum absolute atomic E-state index is 5.45. The van der Waals surface area contributed by atoms with Crippen LogP contribution in [0.1, 0.15) is 19.3 Å².